The van der Waals surface area contributed by atoms with Crippen molar-refractivity contribution in [3.63, 3.8) is 0 Å². The van der Waals surface area contributed by atoms with Crippen molar-refractivity contribution in [2.24, 2.45) is 11.3 Å². The van der Waals surface area contributed by atoms with E-state index in [9.17, 15) is 9.59 Å². The Bertz CT molecular complexity index is 1750. The molecule has 2 aliphatic heterocycles. The van der Waals surface area contributed by atoms with Gasteiger partial charge in [0, 0.05) is 79.5 Å². The van der Waals surface area contributed by atoms with Crippen LogP contribution < -0.4 is 10.2 Å². The lowest BCUT2D eigenvalue weighted by Gasteiger charge is -2.47. The standard InChI is InChI=1S/C39H48N6O3/c1-27-35(31-9-5-6-10-33(31)41-27)36-32(38(36,2)3)24-34(46)45(26-28-8-7-17-40-25-28)39(15-18-43(4)19-16-39)37(47)42-29-11-13-30(14-12-29)44-20-22-48-23-21-44/h5-14,17,25,32,36,41H,15-16,18-24,26H2,1-4H3,(H,42,47)/t32-,36+/m0/s1. The summed E-state index contributed by atoms with van der Waals surface area (Å²) in [5.74, 6) is 0.328. The van der Waals surface area contributed by atoms with Gasteiger partial charge in [-0.1, -0.05) is 38.1 Å². The molecule has 7 rings (SSSR count). The number of carbonyl (C=O) groups is 2. The van der Waals surface area contributed by atoms with Gasteiger partial charge >= 0.3 is 0 Å². The third-order valence-electron chi connectivity index (χ3n) is 11.3. The summed E-state index contributed by atoms with van der Waals surface area (Å²) in [5.41, 5.74) is 5.36. The zero-order valence-electron chi connectivity index (χ0n) is 28.7. The number of para-hydroxylation sites is 1. The Hall–Kier alpha value is -4.21. The van der Waals surface area contributed by atoms with Crippen molar-refractivity contribution in [1.29, 1.82) is 0 Å². The number of aromatic amines is 1. The molecule has 9 heteroatoms. The van der Waals surface area contributed by atoms with Gasteiger partial charge in [-0.2, -0.15) is 0 Å². The van der Waals surface area contributed by atoms with Crippen molar-refractivity contribution in [3.05, 3.63) is 89.9 Å². The van der Waals surface area contributed by atoms with Crippen molar-refractivity contribution in [2.45, 2.75) is 58.0 Å². The Morgan fingerprint density at radius 3 is 2.44 bits per heavy atom. The highest BCUT2D eigenvalue weighted by atomic mass is 16.5. The third kappa shape index (κ3) is 6.10. The van der Waals surface area contributed by atoms with Crippen molar-refractivity contribution < 1.29 is 14.3 Å². The van der Waals surface area contributed by atoms with Crippen LogP contribution >= 0.6 is 0 Å². The van der Waals surface area contributed by atoms with Gasteiger partial charge in [0.1, 0.15) is 5.54 Å². The third-order valence-corrected chi connectivity index (χ3v) is 11.3. The van der Waals surface area contributed by atoms with Crippen molar-refractivity contribution in [2.75, 3.05) is 56.7 Å². The summed E-state index contributed by atoms with van der Waals surface area (Å²) in [6.07, 6.45) is 5.06. The van der Waals surface area contributed by atoms with Crippen LogP contribution in [-0.2, 0) is 20.9 Å². The average molecular weight is 649 g/mol. The predicted octanol–water partition coefficient (Wildman–Crippen LogP) is 5.97. The zero-order chi connectivity index (χ0) is 33.5. The second-order valence-electron chi connectivity index (χ2n) is 14.6. The van der Waals surface area contributed by atoms with Crippen LogP contribution in [0.15, 0.2) is 73.1 Å². The topological polar surface area (TPSA) is 93.8 Å². The number of aromatic nitrogens is 2. The van der Waals surface area contributed by atoms with Gasteiger partial charge in [-0.25, -0.2) is 0 Å². The molecule has 1 aliphatic carbocycles. The van der Waals surface area contributed by atoms with E-state index >= 15 is 0 Å². The molecule has 3 fully saturated rings. The number of fused-ring (bicyclic) bond motifs is 1. The van der Waals surface area contributed by atoms with Crippen LogP contribution in [0.4, 0.5) is 11.4 Å². The molecule has 3 aliphatic rings. The van der Waals surface area contributed by atoms with Crippen LogP contribution in [0.25, 0.3) is 10.9 Å². The van der Waals surface area contributed by atoms with E-state index in [-0.39, 0.29) is 29.1 Å². The molecule has 2 atom stereocenters. The van der Waals surface area contributed by atoms with E-state index in [1.165, 1.54) is 16.6 Å². The van der Waals surface area contributed by atoms with Gasteiger partial charge in [0.2, 0.25) is 11.8 Å². The van der Waals surface area contributed by atoms with Gasteiger partial charge in [-0.3, -0.25) is 14.6 Å². The summed E-state index contributed by atoms with van der Waals surface area (Å²) in [5, 5.41) is 4.49. The first-order valence-electron chi connectivity index (χ1n) is 17.4. The molecule has 2 saturated heterocycles. The second kappa shape index (κ2) is 13.0. The Labute approximate surface area is 283 Å². The van der Waals surface area contributed by atoms with Gasteiger partial charge < -0.3 is 29.7 Å². The fourth-order valence-corrected chi connectivity index (χ4v) is 8.28. The number of nitrogens with one attached hydrogen (secondary N) is 2. The number of morpholine rings is 1. The molecule has 0 spiro atoms. The highest BCUT2D eigenvalue weighted by molar-refractivity contribution is 6.01. The molecule has 0 unspecified atom stereocenters. The van der Waals surface area contributed by atoms with Gasteiger partial charge in [-0.05, 0) is 91.6 Å². The van der Waals surface area contributed by atoms with Gasteiger partial charge in [0.25, 0.3) is 0 Å². The number of aryl methyl sites for hydroxylation is 1. The van der Waals surface area contributed by atoms with E-state index in [1.54, 1.807) is 6.20 Å². The first-order valence-corrected chi connectivity index (χ1v) is 17.4. The molecule has 2 N–H and O–H groups in total. The summed E-state index contributed by atoms with van der Waals surface area (Å²) in [4.78, 5) is 43.8. The first kappa shape index (κ1) is 32.3. The lowest BCUT2D eigenvalue weighted by atomic mass is 9.83. The number of piperidine rings is 1. The fourth-order valence-electron chi connectivity index (χ4n) is 8.28. The number of anilines is 2. The first-order chi connectivity index (χ1) is 23.2. The quantitative estimate of drug-likeness (QED) is 0.232. The molecule has 4 aromatic rings. The molecule has 2 aromatic carbocycles. The number of amides is 2. The molecule has 48 heavy (non-hydrogen) atoms. The monoisotopic (exact) mass is 648 g/mol. The minimum atomic E-state index is -0.993. The molecule has 4 heterocycles. The second-order valence-corrected chi connectivity index (χ2v) is 14.6. The molecule has 0 radical (unpaired) electrons. The Morgan fingerprint density at radius 2 is 1.73 bits per heavy atom. The van der Waals surface area contributed by atoms with E-state index in [4.69, 9.17) is 4.74 Å². The van der Waals surface area contributed by atoms with E-state index in [1.807, 2.05) is 35.4 Å². The number of carbonyl (C=O) groups excluding carboxylic acids is 2. The van der Waals surface area contributed by atoms with Gasteiger partial charge in [-0.15, -0.1) is 0 Å². The summed E-state index contributed by atoms with van der Waals surface area (Å²) < 4.78 is 5.51. The van der Waals surface area contributed by atoms with E-state index in [0.29, 0.717) is 25.8 Å². The summed E-state index contributed by atoms with van der Waals surface area (Å²) in [6, 6.07) is 20.4. The Morgan fingerprint density at radius 1 is 1.00 bits per heavy atom. The van der Waals surface area contributed by atoms with Crippen LogP contribution in [0.1, 0.15) is 55.8 Å². The smallest absolute Gasteiger partial charge is 0.250 e. The normalized spacial score (nSPS) is 22.0. The number of pyridine rings is 1. The number of rotatable bonds is 9. The highest BCUT2D eigenvalue weighted by Crippen LogP contribution is 2.67. The minimum absolute atomic E-state index is 0.0271. The minimum Gasteiger partial charge on any atom is -0.378 e. The van der Waals surface area contributed by atoms with Gasteiger partial charge in [0.15, 0.2) is 0 Å². The Balaban J connectivity index is 1.18. The number of likely N-dealkylation sites (tertiary alicyclic amines) is 1. The fraction of sp³-hybridized carbons (Fsp3) is 0.462. The predicted molar refractivity (Wildman–Crippen MR) is 190 cm³/mol. The van der Waals surface area contributed by atoms with E-state index in [2.05, 4.69) is 89.3 Å². The van der Waals surface area contributed by atoms with Crippen molar-refractivity contribution in [1.82, 2.24) is 19.8 Å². The van der Waals surface area contributed by atoms with Crippen LogP contribution in [0, 0.1) is 18.3 Å². The van der Waals surface area contributed by atoms with Crippen molar-refractivity contribution >= 4 is 34.1 Å². The summed E-state index contributed by atoms with van der Waals surface area (Å²) >= 11 is 0. The zero-order valence-corrected chi connectivity index (χ0v) is 28.7. The largest absolute Gasteiger partial charge is 0.378 e. The van der Waals surface area contributed by atoms with Crippen LogP contribution in [0.2, 0.25) is 0 Å². The lowest BCUT2D eigenvalue weighted by molar-refractivity contribution is -0.150. The summed E-state index contributed by atoms with van der Waals surface area (Å²) in [6.45, 7) is 11.6. The molecule has 2 aromatic heterocycles. The molecule has 9 nitrogen and oxygen atoms in total. The van der Waals surface area contributed by atoms with Crippen molar-refractivity contribution in [3.8, 4) is 0 Å². The number of H-pyrrole nitrogens is 1. The van der Waals surface area contributed by atoms with E-state index in [0.717, 1.165) is 61.8 Å². The molecule has 2 amide bonds. The average Bonchev–Trinajstić information content (AvgIpc) is 3.45. The Kier molecular flexibility index (Phi) is 8.77. The van der Waals surface area contributed by atoms with Gasteiger partial charge in [0.05, 0.1) is 13.2 Å². The van der Waals surface area contributed by atoms with Crippen LogP contribution in [0.5, 0.6) is 0 Å². The number of hydrogen-bond acceptors (Lipinski definition) is 6. The van der Waals surface area contributed by atoms with Crippen LogP contribution in [-0.4, -0.2) is 83.6 Å². The maximum absolute atomic E-state index is 14.8. The molecule has 0 bridgehead atoms. The SMILES string of the molecule is Cc1[nH]c2ccccc2c1[C@H]1[C@H](CC(=O)N(Cc2cccnc2)C2(C(=O)Nc3ccc(N4CCOCC4)cc3)CCN(C)CC2)C1(C)C. The molecule has 1 saturated carbocycles. The number of benzene rings is 2. The molecular weight excluding hydrogens is 600 g/mol. The highest BCUT2D eigenvalue weighted by Gasteiger charge is 2.60. The summed E-state index contributed by atoms with van der Waals surface area (Å²) in [7, 11) is 2.08. The number of nitrogens with zero attached hydrogens (tertiary/aromatic N) is 4. The van der Waals surface area contributed by atoms with E-state index < -0.39 is 5.54 Å². The lowest BCUT2D eigenvalue weighted by Crippen LogP contribution is -2.62. The molecular formula is C39H48N6O3. The van der Waals surface area contributed by atoms with Crippen LogP contribution in [0.3, 0.4) is 0 Å². The maximum atomic E-state index is 14.8. The number of hydrogen-bond donors (Lipinski definition) is 2. The number of ether oxygens (including phenoxy) is 1. The maximum Gasteiger partial charge on any atom is 0.250 e. The molecule has 252 valence electrons.